The van der Waals surface area contributed by atoms with Crippen LogP contribution in [0.1, 0.15) is 4.88 Å². The Balaban J connectivity index is 1.79. The Kier molecular flexibility index (Phi) is 4.38. The van der Waals surface area contributed by atoms with Gasteiger partial charge in [-0.25, -0.2) is 0 Å². The van der Waals surface area contributed by atoms with Crippen LogP contribution in [0, 0.1) is 0 Å². The van der Waals surface area contributed by atoms with Crippen LogP contribution in [-0.2, 0) is 0 Å². The normalized spacial score (nSPS) is 18.7. The molecular weight excluding hydrogens is 272 g/mol. The molecule has 0 unspecified atom stereocenters. The number of thiophene rings is 1. The number of nitrogens with one attached hydrogen (secondary N) is 1. The fourth-order valence-electron chi connectivity index (χ4n) is 1.63. The first-order valence-electron chi connectivity index (χ1n) is 5.19. The van der Waals surface area contributed by atoms with Crippen molar-refractivity contribution in [3.05, 3.63) is 26.9 Å². The first-order chi connectivity index (χ1) is 7.34. The molecule has 0 spiro atoms. The van der Waals surface area contributed by atoms with E-state index in [4.69, 9.17) is 0 Å². The molecule has 0 saturated carbocycles. The van der Waals surface area contributed by atoms with Gasteiger partial charge in [-0.1, -0.05) is 6.08 Å². The van der Waals surface area contributed by atoms with Crippen molar-refractivity contribution in [3.63, 3.8) is 0 Å². The van der Waals surface area contributed by atoms with Crippen molar-refractivity contribution in [1.29, 1.82) is 0 Å². The second-order valence-electron chi connectivity index (χ2n) is 3.59. The molecule has 2 rings (SSSR count). The molecule has 2 heterocycles. The third kappa shape index (κ3) is 3.72. The third-order valence-electron chi connectivity index (χ3n) is 2.45. The van der Waals surface area contributed by atoms with E-state index in [2.05, 4.69) is 50.4 Å². The zero-order chi connectivity index (χ0) is 10.5. The molecule has 1 fully saturated rings. The van der Waals surface area contributed by atoms with E-state index in [1.807, 2.05) is 0 Å². The van der Waals surface area contributed by atoms with E-state index >= 15 is 0 Å². The molecule has 15 heavy (non-hydrogen) atoms. The standard InChI is InChI=1S/C11H15BrN2S/c12-11-4-3-10(15-11)2-1-7-14-8-5-13-6-9-14/h1-4,13H,5-9H2/b2-1+. The summed E-state index contributed by atoms with van der Waals surface area (Å²) in [6.45, 7) is 5.64. The Hall–Kier alpha value is -0.160. The average molecular weight is 287 g/mol. The third-order valence-corrected chi connectivity index (χ3v) is 4.04. The molecule has 0 aliphatic carbocycles. The molecule has 1 N–H and O–H groups in total. The molecular formula is C11H15BrN2S. The van der Waals surface area contributed by atoms with Crippen molar-refractivity contribution in [2.45, 2.75) is 0 Å². The van der Waals surface area contributed by atoms with Crippen LogP contribution in [0.4, 0.5) is 0 Å². The highest BCUT2D eigenvalue weighted by molar-refractivity contribution is 9.11. The van der Waals surface area contributed by atoms with Gasteiger partial charge in [-0.3, -0.25) is 4.90 Å². The quantitative estimate of drug-likeness (QED) is 0.918. The van der Waals surface area contributed by atoms with Crippen molar-refractivity contribution in [2.75, 3.05) is 32.7 Å². The summed E-state index contributed by atoms with van der Waals surface area (Å²) in [5, 5.41) is 3.36. The van der Waals surface area contributed by atoms with Crippen LogP contribution < -0.4 is 5.32 Å². The summed E-state index contributed by atoms with van der Waals surface area (Å²) in [5.41, 5.74) is 0. The van der Waals surface area contributed by atoms with Crippen LogP contribution in [-0.4, -0.2) is 37.6 Å². The van der Waals surface area contributed by atoms with Gasteiger partial charge in [0.05, 0.1) is 3.79 Å². The zero-order valence-electron chi connectivity index (χ0n) is 8.58. The molecule has 1 aromatic rings. The van der Waals surface area contributed by atoms with Gasteiger partial charge in [0, 0.05) is 37.6 Å². The predicted octanol–water partition coefficient (Wildman–Crippen LogP) is 2.43. The van der Waals surface area contributed by atoms with E-state index in [-0.39, 0.29) is 0 Å². The van der Waals surface area contributed by atoms with Crippen LogP contribution >= 0.6 is 27.3 Å². The molecule has 0 radical (unpaired) electrons. The Labute approximate surface area is 103 Å². The summed E-state index contributed by atoms with van der Waals surface area (Å²) in [5.74, 6) is 0. The van der Waals surface area contributed by atoms with E-state index < -0.39 is 0 Å². The summed E-state index contributed by atoms with van der Waals surface area (Å²) >= 11 is 5.24. The molecule has 0 aromatic carbocycles. The lowest BCUT2D eigenvalue weighted by molar-refractivity contribution is 0.265. The predicted molar refractivity (Wildman–Crippen MR) is 70.4 cm³/mol. The molecule has 2 nitrogen and oxygen atoms in total. The lowest BCUT2D eigenvalue weighted by atomic mass is 10.3. The molecule has 1 saturated heterocycles. The lowest BCUT2D eigenvalue weighted by Crippen LogP contribution is -2.43. The van der Waals surface area contributed by atoms with Gasteiger partial charge in [0.2, 0.25) is 0 Å². The molecule has 4 heteroatoms. The van der Waals surface area contributed by atoms with Crippen LogP contribution in [0.15, 0.2) is 22.0 Å². The molecule has 0 bridgehead atoms. The second kappa shape index (κ2) is 5.80. The number of hydrogen-bond acceptors (Lipinski definition) is 3. The Bertz CT molecular complexity index is 329. The van der Waals surface area contributed by atoms with E-state index in [0.29, 0.717) is 0 Å². The Morgan fingerprint density at radius 2 is 2.20 bits per heavy atom. The topological polar surface area (TPSA) is 15.3 Å². The first kappa shape index (κ1) is 11.3. The molecule has 82 valence electrons. The lowest BCUT2D eigenvalue weighted by Gasteiger charge is -2.25. The van der Waals surface area contributed by atoms with E-state index in [1.54, 1.807) is 11.3 Å². The molecule has 1 aromatic heterocycles. The zero-order valence-corrected chi connectivity index (χ0v) is 11.0. The van der Waals surface area contributed by atoms with Gasteiger partial charge in [-0.05, 0) is 34.1 Å². The SMILES string of the molecule is Brc1ccc(/C=C/CN2CCNCC2)s1. The van der Waals surface area contributed by atoms with Gasteiger partial charge in [0.1, 0.15) is 0 Å². The summed E-state index contributed by atoms with van der Waals surface area (Å²) in [6.07, 6.45) is 4.46. The van der Waals surface area contributed by atoms with Crippen molar-refractivity contribution in [2.24, 2.45) is 0 Å². The molecule has 1 aliphatic heterocycles. The maximum atomic E-state index is 3.47. The fourth-order valence-corrected chi connectivity index (χ4v) is 2.98. The number of halogens is 1. The van der Waals surface area contributed by atoms with Crippen molar-refractivity contribution >= 4 is 33.3 Å². The summed E-state index contributed by atoms with van der Waals surface area (Å²) in [7, 11) is 0. The molecule has 1 aliphatic rings. The van der Waals surface area contributed by atoms with E-state index in [1.165, 1.54) is 21.8 Å². The minimum Gasteiger partial charge on any atom is -0.314 e. The van der Waals surface area contributed by atoms with Crippen LogP contribution in [0.5, 0.6) is 0 Å². The Morgan fingerprint density at radius 3 is 2.87 bits per heavy atom. The number of rotatable bonds is 3. The highest BCUT2D eigenvalue weighted by Crippen LogP contribution is 2.22. The van der Waals surface area contributed by atoms with E-state index in [9.17, 15) is 0 Å². The maximum absolute atomic E-state index is 3.47. The molecule has 0 amide bonds. The number of nitrogens with zero attached hydrogens (tertiary/aromatic N) is 1. The smallest absolute Gasteiger partial charge is 0.0704 e. The number of hydrogen-bond donors (Lipinski definition) is 1. The van der Waals surface area contributed by atoms with Crippen LogP contribution in [0.3, 0.4) is 0 Å². The Morgan fingerprint density at radius 1 is 1.40 bits per heavy atom. The summed E-state index contributed by atoms with van der Waals surface area (Å²) < 4.78 is 1.20. The maximum Gasteiger partial charge on any atom is 0.0704 e. The largest absolute Gasteiger partial charge is 0.314 e. The minimum atomic E-state index is 1.07. The fraction of sp³-hybridized carbons (Fsp3) is 0.455. The van der Waals surface area contributed by atoms with Gasteiger partial charge in [0.25, 0.3) is 0 Å². The first-order valence-corrected chi connectivity index (χ1v) is 6.80. The minimum absolute atomic E-state index is 1.07. The highest BCUT2D eigenvalue weighted by Gasteiger charge is 2.06. The van der Waals surface area contributed by atoms with E-state index in [0.717, 1.165) is 19.6 Å². The van der Waals surface area contributed by atoms with Crippen molar-refractivity contribution in [3.8, 4) is 0 Å². The van der Waals surface area contributed by atoms with Gasteiger partial charge in [0.15, 0.2) is 0 Å². The number of piperazine rings is 1. The molecule has 0 atom stereocenters. The summed E-state index contributed by atoms with van der Waals surface area (Å²) in [6, 6.07) is 4.23. The average Bonchev–Trinajstić information content (AvgIpc) is 2.66. The van der Waals surface area contributed by atoms with Gasteiger partial charge < -0.3 is 5.32 Å². The van der Waals surface area contributed by atoms with Gasteiger partial charge in [-0.2, -0.15) is 0 Å². The monoisotopic (exact) mass is 286 g/mol. The summed E-state index contributed by atoms with van der Waals surface area (Å²) in [4.78, 5) is 3.78. The van der Waals surface area contributed by atoms with Gasteiger partial charge >= 0.3 is 0 Å². The van der Waals surface area contributed by atoms with Gasteiger partial charge in [-0.15, -0.1) is 11.3 Å². The van der Waals surface area contributed by atoms with Crippen molar-refractivity contribution in [1.82, 2.24) is 10.2 Å². The van der Waals surface area contributed by atoms with Crippen LogP contribution in [0.2, 0.25) is 0 Å². The van der Waals surface area contributed by atoms with Crippen LogP contribution in [0.25, 0.3) is 6.08 Å². The second-order valence-corrected chi connectivity index (χ2v) is 6.09. The highest BCUT2D eigenvalue weighted by atomic mass is 79.9. The van der Waals surface area contributed by atoms with Crippen molar-refractivity contribution < 1.29 is 0 Å².